The molecule has 1 atom stereocenters. The molecular formula is C23H23NO5. The van der Waals surface area contributed by atoms with Gasteiger partial charge in [-0.15, -0.1) is 0 Å². The Morgan fingerprint density at radius 2 is 1.66 bits per heavy atom. The summed E-state index contributed by atoms with van der Waals surface area (Å²) in [4.78, 5) is 24.0. The lowest BCUT2D eigenvalue weighted by Crippen LogP contribution is -2.32. The number of rotatable bonds is 8. The summed E-state index contributed by atoms with van der Waals surface area (Å²) in [5.41, 5.74) is 0.842. The first kappa shape index (κ1) is 20.2. The summed E-state index contributed by atoms with van der Waals surface area (Å²) in [6.07, 6.45) is 0. The highest BCUT2D eigenvalue weighted by molar-refractivity contribution is 5.84. The average Bonchev–Trinajstić information content (AvgIpc) is 2.76. The molecule has 0 aliphatic heterocycles. The highest BCUT2D eigenvalue weighted by Crippen LogP contribution is 2.24. The molecule has 0 saturated heterocycles. The molecule has 1 unspecified atom stereocenters. The van der Waals surface area contributed by atoms with Crippen LogP contribution in [0.4, 0.5) is 0 Å². The Labute approximate surface area is 169 Å². The van der Waals surface area contributed by atoms with Crippen LogP contribution >= 0.6 is 0 Å². The molecule has 0 saturated carbocycles. The van der Waals surface area contributed by atoms with Crippen LogP contribution in [0.3, 0.4) is 0 Å². The number of hydrogen-bond acceptors (Lipinski definition) is 5. The van der Waals surface area contributed by atoms with Crippen molar-refractivity contribution in [3.05, 3.63) is 72.3 Å². The molecular weight excluding hydrogens is 370 g/mol. The van der Waals surface area contributed by atoms with Gasteiger partial charge in [0.25, 0.3) is 5.91 Å². The molecule has 0 aliphatic rings. The molecule has 150 valence electrons. The van der Waals surface area contributed by atoms with Gasteiger partial charge in [-0.25, -0.2) is 4.79 Å². The molecule has 0 spiro atoms. The highest BCUT2D eigenvalue weighted by Gasteiger charge is 2.15. The monoisotopic (exact) mass is 393 g/mol. The van der Waals surface area contributed by atoms with Gasteiger partial charge in [-0.1, -0.05) is 48.5 Å². The van der Waals surface area contributed by atoms with Crippen molar-refractivity contribution in [2.45, 2.75) is 13.0 Å². The molecule has 0 aromatic heterocycles. The SMILES string of the molecule is COc1ccccc1C(C)NC(=O)COC(=O)COc1ccc2ccccc2c1. The second-order valence-corrected chi connectivity index (χ2v) is 6.49. The normalized spacial score (nSPS) is 11.5. The lowest BCUT2D eigenvalue weighted by molar-refractivity contribution is -0.150. The largest absolute Gasteiger partial charge is 0.496 e. The van der Waals surface area contributed by atoms with Crippen molar-refractivity contribution in [3.63, 3.8) is 0 Å². The van der Waals surface area contributed by atoms with Crippen LogP contribution in [0.15, 0.2) is 66.7 Å². The van der Waals surface area contributed by atoms with E-state index in [1.54, 1.807) is 13.2 Å². The third kappa shape index (κ3) is 5.48. The predicted octanol–water partition coefficient (Wildman–Crippen LogP) is 3.65. The fourth-order valence-corrected chi connectivity index (χ4v) is 2.97. The summed E-state index contributed by atoms with van der Waals surface area (Å²) in [5.74, 6) is 0.233. The minimum atomic E-state index is -0.613. The Kier molecular flexibility index (Phi) is 6.68. The van der Waals surface area contributed by atoms with Crippen molar-refractivity contribution in [2.75, 3.05) is 20.3 Å². The van der Waals surface area contributed by atoms with Gasteiger partial charge in [0, 0.05) is 5.56 Å². The maximum Gasteiger partial charge on any atom is 0.344 e. The molecule has 3 aromatic carbocycles. The molecule has 0 bridgehead atoms. The van der Waals surface area contributed by atoms with Crippen molar-refractivity contribution < 1.29 is 23.8 Å². The van der Waals surface area contributed by atoms with Crippen LogP contribution in [0, 0.1) is 0 Å². The van der Waals surface area contributed by atoms with Crippen molar-refractivity contribution in [1.82, 2.24) is 5.32 Å². The average molecular weight is 393 g/mol. The van der Waals surface area contributed by atoms with Gasteiger partial charge in [-0.05, 0) is 35.9 Å². The summed E-state index contributed by atoms with van der Waals surface area (Å²) in [7, 11) is 1.57. The molecule has 0 aliphatic carbocycles. The van der Waals surface area contributed by atoms with E-state index in [0.717, 1.165) is 16.3 Å². The molecule has 0 radical (unpaired) electrons. The minimum absolute atomic E-state index is 0.270. The smallest absolute Gasteiger partial charge is 0.344 e. The van der Waals surface area contributed by atoms with Crippen LogP contribution in [0.5, 0.6) is 11.5 Å². The number of para-hydroxylation sites is 1. The van der Waals surface area contributed by atoms with Gasteiger partial charge in [0.2, 0.25) is 0 Å². The number of ether oxygens (including phenoxy) is 3. The molecule has 1 amide bonds. The van der Waals surface area contributed by atoms with E-state index in [2.05, 4.69) is 5.32 Å². The Balaban J connectivity index is 1.45. The van der Waals surface area contributed by atoms with Gasteiger partial charge >= 0.3 is 5.97 Å². The van der Waals surface area contributed by atoms with E-state index in [4.69, 9.17) is 14.2 Å². The predicted molar refractivity (Wildman–Crippen MR) is 110 cm³/mol. The third-order valence-electron chi connectivity index (χ3n) is 4.42. The molecule has 3 rings (SSSR count). The van der Waals surface area contributed by atoms with Crippen molar-refractivity contribution in [3.8, 4) is 11.5 Å². The van der Waals surface area contributed by atoms with Gasteiger partial charge in [0.1, 0.15) is 11.5 Å². The molecule has 3 aromatic rings. The van der Waals surface area contributed by atoms with Gasteiger partial charge in [-0.2, -0.15) is 0 Å². The Hall–Kier alpha value is -3.54. The van der Waals surface area contributed by atoms with Crippen LogP contribution in [-0.2, 0) is 14.3 Å². The Morgan fingerprint density at radius 1 is 0.931 bits per heavy atom. The number of hydrogen-bond donors (Lipinski definition) is 1. The number of benzene rings is 3. The second-order valence-electron chi connectivity index (χ2n) is 6.49. The number of esters is 1. The van der Waals surface area contributed by atoms with E-state index in [-0.39, 0.29) is 19.3 Å². The van der Waals surface area contributed by atoms with Crippen LogP contribution in [0.1, 0.15) is 18.5 Å². The first-order valence-electron chi connectivity index (χ1n) is 9.26. The van der Waals surface area contributed by atoms with Crippen LogP contribution < -0.4 is 14.8 Å². The van der Waals surface area contributed by atoms with Crippen molar-refractivity contribution in [2.24, 2.45) is 0 Å². The van der Waals surface area contributed by atoms with E-state index in [0.29, 0.717) is 11.5 Å². The fraction of sp³-hybridized carbons (Fsp3) is 0.217. The summed E-state index contributed by atoms with van der Waals surface area (Å²) in [6.45, 7) is 1.19. The number of fused-ring (bicyclic) bond motifs is 1. The molecule has 0 fully saturated rings. The summed E-state index contributed by atoms with van der Waals surface area (Å²) < 4.78 is 15.8. The number of carbonyl (C=O) groups is 2. The molecule has 1 N–H and O–H groups in total. The summed E-state index contributed by atoms with van der Waals surface area (Å²) in [6, 6.07) is 20.5. The quantitative estimate of drug-likeness (QED) is 0.592. The van der Waals surface area contributed by atoms with Gasteiger partial charge in [0.15, 0.2) is 13.2 Å². The van der Waals surface area contributed by atoms with Crippen LogP contribution in [0.25, 0.3) is 10.8 Å². The molecule has 0 heterocycles. The lowest BCUT2D eigenvalue weighted by Gasteiger charge is -2.17. The van der Waals surface area contributed by atoms with E-state index in [1.165, 1.54) is 0 Å². The van der Waals surface area contributed by atoms with Crippen LogP contribution in [0.2, 0.25) is 0 Å². The topological polar surface area (TPSA) is 73.9 Å². The lowest BCUT2D eigenvalue weighted by atomic mass is 10.1. The molecule has 29 heavy (non-hydrogen) atoms. The first-order chi connectivity index (χ1) is 14.1. The third-order valence-corrected chi connectivity index (χ3v) is 4.42. The number of amides is 1. The number of carbonyl (C=O) groups excluding carboxylic acids is 2. The second kappa shape index (κ2) is 9.59. The first-order valence-corrected chi connectivity index (χ1v) is 9.26. The number of nitrogens with one attached hydrogen (secondary N) is 1. The number of methoxy groups -OCH3 is 1. The molecule has 6 heteroatoms. The van der Waals surface area contributed by atoms with E-state index in [9.17, 15) is 9.59 Å². The Bertz CT molecular complexity index is 1000. The minimum Gasteiger partial charge on any atom is -0.496 e. The van der Waals surface area contributed by atoms with Gasteiger partial charge in [-0.3, -0.25) is 4.79 Å². The maximum absolute atomic E-state index is 12.1. The van der Waals surface area contributed by atoms with E-state index < -0.39 is 11.9 Å². The zero-order chi connectivity index (χ0) is 20.6. The zero-order valence-electron chi connectivity index (χ0n) is 16.4. The van der Waals surface area contributed by atoms with Crippen molar-refractivity contribution >= 4 is 22.6 Å². The van der Waals surface area contributed by atoms with Crippen LogP contribution in [-0.4, -0.2) is 32.2 Å². The maximum atomic E-state index is 12.1. The Morgan fingerprint density at radius 3 is 2.45 bits per heavy atom. The fourth-order valence-electron chi connectivity index (χ4n) is 2.97. The molecule has 6 nitrogen and oxygen atoms in total. The van der Waals surface area contributed by atoms with Crippen molar-refractivity contribution in [1.29, 1.82) is 0 Å². The van der Waals surface area contributed by atoms with Gasteiger partial charge < -0.3 is 19.5 Å². The zero-order valence-corrected chi connectivity index (χ0v) is 16.4. The van der Waals surface area contributed by atoms with Gasteiger partial charge in [0.05, 0.1) is 13.2 Å². The highest BCUT2D eigenvalue weighted by atomic mass is 16.6. The standard InChI is InChI=1S/C23H23NO5/c1-16(20-9-5-6-10-21(20)27-2)24-22(25)14-29-23(26)15-28-19-12-11-17-7-3-4-8-18(17)13-19/h3-13,16H,14-15H2,1-2H3,(H,24,25). The van der Waals surface area contributed by atoms with E-state index >= 15 is 0 Å². The van der Waals surface area contributed by atoms with E-state index in [1.807, 2.05) is 67.6 Å². The summed E-state index contributed by atoms with van der Waals surface area (Å²) in [5, 5.41) is 4.89. The summed E-state index contributed by atoms with van der Waals surface area (Å²) >= 11 is 0.